The molecule has 0 atom stereocenters. The van der Waals surface area contributed by atoms with Gasteiger partial charge in [-0.05, 0) is 153 Å². The molecule has 10 rings (SSSR count). The van der Waals surface area contributed by atoms with Gasteiger partial charge in [-0.1, -0.05) is 63.7 Å². The summed E-state index contributed by atoms with van der Waals surface area (Å²) in [5.74, 6) is 6.95. The van der Waals surface area contributed by atoms with Crippen LogP contribution in [0.4, 0.5) is 5.69 Å². The van der Waals surface area contributed by atoms with Crippen molar-refractivity contribution >= 4 is 23.7 Å². The monoisotopic (exact) mass is 727 g/mol. The molecule has 8 saturated carbocycles. The van der Waals surface area contributed by atoms with Gasteiger partial charge in [0.2, 0.25) is 0 Å². The van der Waals surface area contributed by atoms with Crippen LogP contribution in [0.2, 0.25) is 0 Å². The first-order valence-corrected chi connectivity index (χ1v) is 20.4. The van der Waals surface area contributed by atoms with Crippen LogP contribution in [0.15, 0.2) is 48.5 Å². The maximum absolute atomic E-state index is 9.08. The van der Waals surface area contributed by atoms with Crippen molar-refractivity contribution in [2.45, 2.75) is 107 Å². The Hall–Kier alpha value is -0.758. The SMILES string of the molecule is CCCCP(C12CC3CC(CC(C3)C1)C2)C12CC3CC(CC(C3)C1)C2.CS(=O)(=O)[O-].Nc1ccccc1-c1[c]cccc1.[Pd]. The van der Waals surface area contributed by atoms with E-state index in [1.807, 2.05) is 48.5 Å². The molecule has 0 amide bonds. The molecular formula is C37H52NO3PPdS-. The van der Waals surface area contributed by atoms with E-state index >= 15 is 0 Å². The van der Waals surface area contributed by atoms with Gasteiger partial charge >= 0.3 is 0 Å². The fourth-order valence-corrected chi connectivity index (χ4v) is 16.8. The van der Waals surface area contributed by atoms with Crippen LogP contribution in [0.5, 0.6) is 0 Å². The fraction of sp³-hybridized carbons (Fsp3) is 0.676. The molecule has 8 aliphatic carbocycles. The van der Waals surface area contributed by atoms with E-state index in [9.17, 15) is 0 Å². The zero-order valence-electron chi connectivity index (χ0n) is 26.7. The number of nitrogen functional groups attached to an aromatic ring is 1. The van der Waals surface area contributed by atoms with E-state index in [1.54, 1.807) is 89.6 Å². The molecule has 0 spiro atoms. The Labute approximate surface area is 282 Å². The zero-order valence-corrected chi connectivity index (χ0v) is 29.9. The normalized spacial score (nSPS) is 36.3. The van der Waals surface area contributed by atoms with Gasteiger partial charge in [0, 0.05) is 37.9 Å². The molecule has 0 aromatic heterocycles. The Morgan fingerprint density at radius 1 is 0.795 bits per heavy atom. The third-order valence-electron chi connectivity index (χ3n) is 11.9. The average Bonchev–Trinajstić information content (AvgIpc) is 2.92. The van der Waals surface area contributed by atoms with Crippen LogP contribution in [0, 0.1) is 41.6 Å². The van der Waals surface area contributed by atoms with Crippen molar-refractivity contribution in [1.29, 1.82) is 0 Å². The number of benzene rings is 2. The van der Waals surface area contributed by atoms with Crippen LogP contribution in [0.1, 0.15) is 96.8 Å². The van der Waals surface area contributed by atoms with Gasteiger partial charge in [-0.2, -0.15) is 0 Å². The zero-order chi connectivity index (χ0) is 30.2. The minimum atomic E-state index is -3.92. The second-order valence-corrected chi connectivity index (χ2v) is 20.0. The van der Waals surface area contributed by atoms with Crippen LogP contribution >= 0.6 is 7.92 Å². The number of anilines is 1. The summed E-state index contributed by atoms with van der Waals surface area (Å²) in [4.78, 5) is 0. The molecule has 0 unspecified atom stereocenters. The van der Waals surface area contributed by atoms with Gasteiger partial charge in [-0.25, -0.2) is 8.42 Å². The molecule has 245 valence electrons. The maximum Gasteiger partial charge on any atom is 0.0916 e. The summed E-state index contributed by atoms with van der Waals surface area (Å²) in [5, 5.41) is 1.76. The number of unbranched alkanes of at least 4 members (excludes halogenated alkanes) is 1. The molecule has 0 aliphatic heterocycles. The van der Waals surface area contributed by atoms with Crippen LogP contribution in [-0.4, -0.2) is 35.7 Å². The van der Waals surface area contributed by atoms with Gasteiger partial charge in [0.05, 0.1) is 10.1 Å². The molecular weight excluding hydrogens is 676 g/mol. The number of hydrogen-bond donors (Lipinski definition) is 1. The predicted molar refractivity (Wildman–Crippen MR) is 179 cm³/mol. The van der Waals surface area contributed by atoms with E-state index in [1.165, 1.54) is 6.42 Å². The van der Waals surface area contributed by atoms with Gasteiger partial charge in [-0.3, -0.25) is 0 Å². The molecule has 8 fully saturated rings. The number of nitrogens with two attached hydrogens (primary N) is 1. The van der Waals surface area contributed by atoms with Crippen molar-refractivity contribution in [3.8, 4) is 11.1 Å². The molecule has 44 heavy (non-hydrogen) atoms. The quantitative estimate of drug-likeness (QED) is 0.139. The molecule has 0 heterocycles. The minimum absolute atomic E-state index is 0. The number of hydrogen-bond acceptors (Lipinski definition) is 4. The third kappa shape index (κ3) is 7.85. The van der Waals surface area contributed by atoms with Crippen molar-refractivity contribution in [2.24, 2.45) is 35.5 Å². The summed E-state index contributed by atoms with van der Waals surface area (Å²) in [7, 11) is -3.63. The Bertz CT molecular complexity index is 1230. The largest absolute Gasteiger partial charge is 0.748 e. The molecule has 8 bridgehead atoms. The van der Waals surface area contributed by atoms with E-state index in [0.29, 0.717) is 6.26 Å². The Morgan fingerprint density at radius 2 is 1.20 bits per heavy atom. The summed E-state index contributed by atoms with van der Waals surface area (Å²) in [6.45, 7) is 2.45. The van der Waals surface area contributed by atoms with Crippen molar-refractivity contribution in [3.63, 3.8) is 0 Å². The van der Waals surface area contributed by atoms with Crippen LogP contribution in [0.25, 0.3) is 11.1 Å². The first-order chi connectivity index (χ1) is 20.5. The molecule has 0 saturated heterocycles. The van der Waals surface area contributed by atoms with E-state index in [0.717, 1.165) is 62.6 Å². The van der Waals surface area contributed by atoms with Gasteiger partial charge in [0.25, 0.3) is 0 Å². The van der Waals surface area contributed by atoms with Crippen molar-refractivity contribution in [1.82, 2.24) is 0 Å². The Morgan fingerprint density at radius 3 is 1.57 bits per heavy atom. The Balaban J connectivity index is 0.000000171. The molecule has 8 aliphatic rings. The second kappa shape index (κ2) is 14.2. The smallest absolute Gasteiger partial charge is 0.0916 e. The van der Waals surface area contributed by atoms with Crippen LogP contribution in [-0.2, 0) is 30.5 Å². The molecule has 2 aromatic rings. The maximum atomic E-state index is 9.08. The van der Waals surface area contributed by atoms with E-state index in [4.69, 9.17) is 18.7 Å². The molecule has 2 aromatic carbocycles. The minimum Gasteiger partial charge on any atom is -0.748 e. The summed E-state index contributed by atoms with van der Waals surface area (Å²) in [6, 6.07) is 18.8. The van der Waals surface area contributed by atoms with Crippen LogP contribution < -0.4 is 5.73 Å². The van der Waals surface area contributed by atoms with Crippen molar-refractivity contribution in [3.05, 3.63) is 54.6 Å². The summed E-state index contributed by atoms with van der Waals surface area (Å²) in [5.41, 5.74) is 8.72. The number of para-hydroxylation sites is 1. The summed E-state index contributed by atoms with van der Waals surface area (Å²) >= 11 is 0. The fourth-order valence-electron chi connectivity index (χ4n) is 11.4. The van der Waals surface area contributed by atoms with E-state index in [2.05, 4.69) is 13.0 Å². The standard InChI is InChI=1S/C24H39P.C12H10N.CH4O3S.Pd/c1-2-3-4-25(23-11-17-5-18(12-23)7-19(6-17)13-23)24-14-20-8-21(15-24)10-22(9-20)16-24;13-12-9-5-4-8-11(12)10-6-2-1-3-7-10;1-5(2,3)4;/h17-22H,2-16H2,1H3;1-6,8-9H,13H2;1H3,(H,2,3,4);/p-1. The molecule has 7 heteroatoms. The topological polar surface area (TPSA) is 83.2 Å². The first kappa shape index (κ1) is 34.6. The number of rotatable bonds is 6. The third-order valence-corrected chi connectivity index (χ3v) is 16.0. The predicted octanol–water partition coefficient (Wildman–Crippen LogP) is 9.10. The molecule has 4 nitrogen and oxygen atoms in total. The van der Waals surface area contributed by atoms with Gasteiger partial charge in [-0.15, -0.1) is 0 Å². The van der Waals surface area contributed by atoms with Crippen LogP contribution in [0.3, 0.4) is 0 Å². The molecule has 1 radical (unpaired) electrons. The van der Waals surface area contributed by atoms with Gasteiger partial charge in [0.1, 0.15) is 0 Å². The first-order valence-electron chi connectivity index (χ1n) is 17.0. The Kier molecular flexibility index (Phi) is 11.1. The molecule has 2 N–H and O–H groups in total. The van der Waals surface area contributed by atoms with E-state index in [-0.39, 0.29) is 28.3 Å². The second-order valence-electron chi connectivity index (χ2n) is 15.4. The van der Waals surface area contributed by atoms with Gasteiger partial charge in [0.15, 0.2) is 0 Å². The van der Waals surface area contributed by atoms with E-state index < -0.39 is 10.1 Å². The van der Waals surface area contributed by atoms with Crippen molar-refractivity contribution in [2.75, 3.05) is 18.2 Å². The average molecular weight is 728 g/mol. The van der Waals surface area contributed by atoms with Crippen molar-refractivity contribution < 1.29 is 33.4 Å². The summed E-state index contributed by atoms with van der Waals surface area (Å²) < 4.78 is 27.2. The summed E-state index contributed by atoms with van der Waals surface area (Å²) in [6.07, 6.45) is 25.2. The van der Waals surface area contributed by atoms with Gasteiger partial charge < -0.3 is 10.3 Å².